The molecule has 1 unspecified atom stereocenters. The molecule has 0 heterocycles. The number of nitrogens with one attached hydrogen (secondary N) is 2. The molecule has 10 nitrogen and oxygen atoms in total. The first-order valence-electron chi connectivity index (χ1n) is 10.9. The fourth-order valence-corrected chi connectivity index (χ4v) is 6.38. The van der Waals surface area contributed by atoms with Crippen LogP contribution in [0.5, 0.6) is 11.5 Å². The highest BCUT2D eigenvalue weighted by molar-refractivity contribution is 9.09. The zero-order valence-electron chi connectivity index (χ0n) is 19.3. The zero-order valence-corrected chi connectivity index (χ0v) is 23.4. The van der Waals surface area contributed by atoms with E-state index >= 15 is 0 Å². The number of nitrogens with zero attached hydrogens (tertiary/aromatic N) is 2. The summed E-state index contributed by atoms with van der Waals surface area (Å²) in [4.78, 5) is 24.9. The van der Waals surface area contributed by atoms with Gasteiger partial charge in [-0.05, 0) is 48.7 Å². The van der Waals surface area contributed by atoms with Crippen molar-refractivity contribution in [1.82, 2.24) is 15.1 Å². The van der Waals surface area contributed by atoms with Crippen molar-refractivity contribution in [1.29, 1.82) is 0 Å². The number of hydrogen-bond acceptors (Lipinski definition) is 6. The number of ether oxygens (including phenoxy) is 1. The van der Waals surface area contributed by atoms with Gasteiger partial charge in [-0.1, -0.05) is 31.9 Å². The third-order valence-corrected chi connectivity index (χ3v) is 7.93. The number of carbonyl (C=O) groups is 1. The van der Waals surface area contributed by atoms with Gasteiger partial charge in [0.05, 0.1) is 11.0 Å². The van der Waals surface area contributed by atoms with E-state index in [0.717, 1.165) is 0 Å². The van der Waals surface area contributed by atoms with Gasteiger partial charge in [-0.2, -0.15) is 0 Å². The molecule has 0 fully saturated rings. The summed E-state index contributed by atoms with van der Waals surface area (Å²) < 4.78 is 25.3. The van der Waals surface area contributed by atoms with Gasteiger partial charge in [0.1, 0.15) is 5.75 Å². The van der Waals surface area contributed by atoms with Crippen molar-refractivity contribution in [3.63, 3.8) is 0 Å². The van der Waals surface area contributed by atoms with E-state index in [1.165, 1.54) is 11.0 Å². The van der Waals surface area contributed by atoms with Crippen molar-refractivity contribution in [3.05, 3.63) is 63.2 Å². The number of amides is 1. The van der Waals surface area contributed by atoms with Crippen LogP contribution in [0.2, 0.25) is 0 Å². The molecule has 2 N–H and O–H groups in total. The lowest BCUT2D eigenvalue weighted by molar-refractivity contribution is -0.385. The number of benzene rings is 2. The number of nitro benzene ring substituents is 1. The van der Waals surface area contributed by atoms with Gasteiger partial charge in [0.15, 0.2) is 0 Å². The summed E-state index contributed by atoms with van der Waals surface area (Å²) in [5, 5.41) is 18.8. The molecule has 0 radical (unpaired) electrons. The molecule has 3 rings (SSSR count). The molecule has 1 aliphatic rings. The van der Waals surface area contributed by atoms with Crippen LogP contribution in [0.1, 0.15) is 34.0 Å². The Kier molecular flexibility index (Phi) is 9.86. The van der Waals surface area contributed by atoms with Gasteiger partial charge in [0.25, 0.3) is 5.91 Å². The molecular formula is C22H27Br2N4O6P. The molecule has 0 spiro atoms. The SMILES string of the molecule is CN(C)C(=O)c1ccc(Oc2c([N+](=O)[O-])ccc3c2CCC3OP(=O)(NCCBr)NCCBr)cc1. The Morgan fingerprint density at radius 3 is 2.31 bits per heavy atom. The van der Waals surface area contributed by atoms with Gasteiger partial charge >= 0.3 is 13.4 Å². The Balaban J connectivity index is 1.90. The number of fused-ring (bicyclic) bond motifs is 1. The minimum absolute atomic E-state index is 0.127. The topological polar surface area (TPSA) is 123 Å². The third-order valence-electron chi connectivity index (χ3n) is 5.31. The third kappa shape index (κ3) is 6.90. The fourth-order valence-electron chi connectivity index (χ4n) is 3.72. The summed E-state index contributed by atoms with van der Waals surface area (Å²) >= 11 is 6.63. The van der Waals surface area contributed by atoms with Gasteiger partial charge in [0, 0.05) is 55.0 Å². The molecule has 1 amide bonds. The van der Waals surface area contributed by atoms with Crippen LogP contribution < -0.4 is 14.9 Å². The molecule has 1 atom stereocenters. The van der Waals surface area contributed by atoms with E-state index in [1.54, 1.807) is 44.4 Å². The van der Waals surface area contributed by atoms with Gasteiger partial charge in [-0.15, -0.1) is 0 Å². The van der Waals surface area contributed by atoms with Crippen molar-refractivity contribution >= 4 is 51.1 Å². The summed E-state index contributed by atoms with van der Waals surface area (Å²) in [7, 11) is -0.0469. The largest absolute Gasteiger partial charge is 0.450 e. The monoisotopic (exact) mass is 632 g/mol. The number of halogens is 2. The maximum atomic E-state index is 13.3. The van der Waals surface area contributed by atoms with E-state index < -0.39 is 18.7 Å². The lowest BCUT2D eigenvalue weighted by Gasteiger charge is -2.24. The van der Waals surface area contributed by atoms with E-state index in [1.807, 2.05) is 0 Å². The standard InChI is InChI=1S/C22H27Br2N4O6P/c1-27(2)22(29)15-3-5-16(6-4-15)33-21-18-8-10-20(17(18)7-9-19(21)28(30)31)34-35(32,25-13-11-23)26-14-12-24/h3-7,9,20H,8,10-14H2,1-2H3,(H2,25,26,32). The Bertz CT molecular complexity index is 1100. The molecule has 2 aromatic rings. The van der Waals surface area contributed by atoms with Crippen molar-refractivity contribution < 1.29 is 23.5 Å². The first-order chi connectivity index (χ1) is 16.7. The summed E-state index contributed by atoms with van der Waals surface area (Å²) in [5.41, 5.74) is 1.65. The molecule has 0 saturated heterocycles. The molecule has 2 aromatic carbocycles. The lowest BCUT2D eigenvalue weighted by atomic mass is 10.1. The Hall–Kier alpha value is -1.82. The van der Waals surface area contributed by atoms with Gasteiger partial charge in [-0.25, -0.2) is 10.2 Å². The highest BCUT2D eigenvalue weighted by Gasteiger charge is 2.36. The van der Waals surface area contributed by atoms with Gasteiger partial charge < -0.3 is 9.64 Å². The maximum absolute atomic E-state index is 13.3. The van der Waals surface area contributed by atoms with Crippen LogP contribution in [-0.4, -0.2) is 53.6 Å². The normalized spacial score (nSPS) is 15.0. The molecule has 0 aromatic heterocycles. The van der Waals surface area contributed by atoms with Crippen LogP contribution in [0.15, 0.2) is 36.4 Å². The van der Waals surface area contributed by atoms with Crippen LogP contribution in [0.25, 0.3) is 0 Å². The molecule has 190 valence electrons. The van der Waals surface area contributed by atoms with E-state index in [2.05, 4.69) is 42.0 Å². The smallest absolute Gasteiger partial charge is 0.341 e. The highest BCUT2D eigenvalue weighted by Crippen LogP contribution is 2.51. The molecular weight excluding hydrogens is 607 g/mol. The average molecular weight is 634 g/mol. The summed E-state index contributed by atoms with van der Waals surface area (Å²) in [6, 6.07) is 9.44. The van der Waals surface area contributed by atoms with Crippen LogP contribution in [-0.2, 0) is 15.5 Å². The van der Waals surface area contributed by atoms with E-state index in [9.17, 15) is 19.5 Å². The van der Waals surface area contributed by atoms with Crippen molar-refractivity contribution in [2.24, 2.45) is 0 Å². The molecule has 35 heavy (non-hydrogen) atoms. The number of alkyl halides is 2. The first-order valence-corrected chi connectivity index (χ1v) is 14.8. The minimum Gasteiger partial charge on any atom is -0.450 e. The van der Waals surface area contributed by atoms with E-state index in [4.69, 9.17) is 9.26 Å². The zero-order chi connectivity index (χ0) is 25.6. The van der Waals surface area contributed by atoms with Crippen LogP contribution in [0.4, 0.5) is 5.69 Å². The lowest BCUT2D eigenvalue weighted by Crippen LogP contribution is -2.27. The molecule has 13 heteroatoms. The average Bonchev–Trinajstić information content (AvgIpc) is 3.24. The second kappa shape index (κ2) is 12.4. The second-order valence-electron chi connectivity index (χ2n) is 7.94. The molecule has 1 aliphatic carbocycles. The number of nitro groups is 1. The number of rotatable bonds is 12. The fraction of sp³-hybridized carbons (Fsp3) is 0.409. The second-order valence-corrected chi connectivity index (χ2v) is 11.5. The quantitative estimate of drug-likeness (QED) is 0.142. The van der Waals surface area contributed by atoms with Crippen LogP contribution in [0, 0.1) is 10.1 Å². The predicted molar refractivity (Wildman–Crippen MR) is 141 cm³/mol. The number of hydrogen-bond donors (Lipinski definition) is 2. The minimum atomic E-state index is -3.36. The number of carbonyl (C=O) groups excluding carboxylic acids is 1. The summed E-state index contributed by atoms with van der Waals surface area (Å²) in [6.07, 6.45) is 0.439. The van der Waals surface area contributed by atoms with Gasteiger partial charge in [0.2, 0.25) is 5.75 Å². The molecule has 0 saturated carbocycles. The van der Waals surface area contributed by atoms with Crippen molar-refractivity contribution in [2.45, 2.75) is 18.9 Å². The first kappa shape index (κ1) is 27.8. The maximum Gasteiger partial charge on any atom is 0.341 e. The molecule has 0 bridgehead atoms. The summed E-state index contributed by atoms with van der Waals surface area (Å²) in [5.74, 6) is 0.335. The Morgan fingerprint density at radius 2 is 1.77 bits per heavy atom. The molecule has 0 aliphatic heterocycles. The highest BCUT2D eigenvalue weighted by atomic mass is 79.9. The van der Waals surface area contributed by atoms with Crippen molar-refractivity contribution in [3.8, 4) is 11.5 Å². The van der Waals surface area contributed by atoms with Crippen molar-refractivity contribution in [2.75, 3.05) is 37.8 Å². The summed E-state index contributed by atoms with van der Waals surface area (Å²) in [6.45, 7) is 0.875. The van der Waals surface area contributed by atoms with Crippen LogP contribution in [0.3, 0.4) is 0 Å². The predicted octanol–water partition coefficient (Wildman–Crippen LogP) is 5.17. The van der Waals surface area contributed by atoms with E-state index in [0.29, 0.717) is 59.0 Å². The van der Waals surface area contributed by atoms with Gasteiger partial charge in [-0.3, -0.25) is 24.0 Å². The Morgan fingerprint density at radius 1 is 1.14 bits per heavy atom. The Labute approximate surface area is 220 Å². The van der Waals surface area contributed by atoms with Crippen LogP contribution >= 0.6 is 39.5 Å². The van der Waals surface area contributed by atoms with E-state index in [-0.39, 0.29) is 17.3 Å².